The Balaban J connectivity index is 1.62. The zero-order valence-corrected chi connectivity index (χ0v) is 10.9. The van der Waals surface area contributed by atoms with Gasteiger partial charge in [-0.15, -0.1) is 0 Å². The van der Waals surface area contributed by atoms with Crippen molar-refractivity contribution in [1.29, 1.82) is 0 Å². The molecule has 2 heterocycles. The number of likely N-dealkylation sites (N-methyl/N-ethyl adjacent to an activating group) is 1. The van der Waals surface area contributed by atoms with Crippen molar-refractivity contribution in [3.8, 4) is 0 Å². The van der Waals surface area contributed by atoms with Crippen molar-refractivity contribution in [2.24, 2.45) is 5.92 Å². The van der Waals surface area contributed by atoms with Crippen molar-refractivity contribution >= 4 is 0 Å². The molecule has 1 unspecified atom stereocenters. The molecule has 2 rings (SSSR count). The molecule has 2 aliphatic heterocycles. The Kier molecular flexibility index (Phi) is 4.62. The van der Waals surface area contributed by atoms with Gasteiger partial charge in [-0.1, -0.05) is 0 Å². The van der Waals surface area contributed by atoms with Gasteiger partial charge in [0.1, 0.15) is 0 Å². The van der Waals surface area contributed by atoms with Gasteiger partial charge in [-0.25, -0.2) is 0 Å². The SMILES string of the molecule is CN1CCC(CCN(C)C2CCNC2)CC1. The Hall–Kier alpha value is -0.120. The van der Waals surface area contributed by atoms with Crippen LogP contribution in [0.3, 0.4) is 0 Å². The van der Waals surface area contributed by atoms with Crippen molar-refractivity contribution in [1.82, 2.24) is 15.1 Å². The van der Waals surface area contributed by atoms with Crippen molar-refractivity contribution in [2.45, 2.75) is 31.7 Å². The lowest BCUT2D eigenvalue weighted by Gasteiger charge is -2.31. The fourth-order valence-corrected chi connectivity index (χ4v) is 2.94. The molecule has 0 aliphatic carbocycles. The average molecular weight is 225 g/mol. The van der Waals surface area contributed by atoms with Crippen molar-refractivity contribution in [2.75, 3.05) is 46.8 Å². The fourth-order valence-electron chi connectivity index (χ4n) is 2.94. The van der Waals surface area contributed by atoms with E-state index < -0.39 is 0 Å². The third-order valence-electron chi connectivity index (χ3n) is 4.39. The molecule has 0 aromatic rings. The summed E-state index contributed by atoms with van der Waals surface area (Å²) in [5.74, 6) is 0.980. The van der Waals surface area contributed by atoms with Crippen molar-refractivity contribution in [3.05, 3.63) is 0 Å². The normalized spacial score (nSPS) is 29.1. The molecule has 0 aromatic carbocycles. The summed E-state index contributed by atoms with van der Waals surface area (Å²) in [7, 11) is 4.54. The van der Waals surface area contributed by atoms with E-state index >= 15 is 0 Å². The smallest absolute Gasteiger partial charge is 0.0229 e. The van der Waals surface area contributed by atoms with Gasteiger partial charge in [-0.05, 0) is 71.9 Å². The summed E-state index contributed by atoms with van der Waals surface area (Å²) in [6, 6.07) is 0.797. The second-order valence-corrected chi connectivity index (χ2v) is 5.66. The number of rotatable bonds is 4. The Morgan fingerprint density at radius 3 is 2.62 bits per heavy atom. The van der Waals surface area contributed by atoms with E-state index in [9.17, 15) is 0 Å². The van der Waals surface area contributed by atoms with Crippen LogP contribution in [0.2, 0.25) is 0 Å². The summed E-state index contributed by atoms with van der Waals surface area (Å²) in [5, 5.41) is 3.45. The molecular formula is C13H27N3. The third kappa shape index (κ3) is 3.44. The molecule has 2 saturated heterocycles. The summed E-state index contributed by atoms with van der Waals surface area (Å²) in [6.07, 6.45) is 5.56. The molecule has 94 valence electrons. The van der Waals surface area contributed by atoms with E-state index in [1.807, 2.05) is 0 Å². The molecule has 0 amide bonds. The Morgan fingerprint density at radius 2 is 2.00 bits per heavy atom. The fraction of sp³-hybridized carbons (Fsp3) is 1.00. The zero-order valence-electron chi connectivity index (χ0n) is 10.9. The first-order valence-corrected chi connectivity index (χ1v) is 6.85. The summed E-state index contributed by atoms with van der Waals surface area (Å²) in [4.78, 5) is 5.03. The molecule has 3 heteroatoms. The lowest BCUT2D eigenvalue weighted by Crippen LogP contribution is -2.36. The first-order valence-electron chi connectivity index (χ1n) is 6.85. The van der Waals surface area contributed by atoms with Gasteiger partial charge in [0.2, 0.25) is 0 Å². The van der Waals surface area contributed by atoms with Crippen LogP contribution in [0.1, 0.15) is 25.7 Å². The lowest BCUT2D eigenvalue weighted by molar-refractivity contribution is 0.182. The second-order valence-electron chi connectivity index (χ2n) is 5.66. The minimum Gasteiger partial charge on any atom is -0.315 e. The van der Waals surface area contributed by atoms with E-state index in [-0.39, 0.29) is 0 Å². The van der Waals surface area contributed by atoms with Crippen LogP contribution >= 0.6 is 0 Å². The van der Waals surface area contributed by atoms with Gasteiger partial charge in [0.25, 0.3) is 0 Å². The summed E-state index contributed by atoms with van der Waals surface area (Å²) in [5.41, 5.74) is 0. The predicted molar refractivity (Wildman–Crippen MR) is 68.7 cm³/mol. The van der Waals surface area contributed by atoms with E-state index in [1.54, 1.807) is 0 Å². The van der Waals surface area contributed by atoms with E-state index in [1.165, 1.54) is 58.4 Å². The maximum absolute atomic E-state index is 3.45. The Morgan fingerprint density at radius 1 is 1.25 bits per heavy atom. The lowest BCUT2D eigenvalue weighted by atomic mass is 9.93. The standard InChI is InChI=1S/C13H27N3/c1-15-8-4-12(5-9-15)6-10-16(2)13-3-7-14-11-13/h12-14H,3-11H2,1-2H3. The molecule has 0 saturated carbocycles. The van der Waals surface area contributed by atoms with Crippen LogP contribution in [0.5, 0.6) is 0 Å². The molecular weight excluding hydrogens is 198 g/mol. The molecule has 1 N–H and O–H groups in total. The van der Waals surface area contributed by atoms with Crippen LogP contribution in [0.4, 0.5) is 0 Å². The second kappa shape index (κ2) is 5.99. The van der Waals surface area contributed by atoms with Crippen molar-refractivity contribution < 1.29 is 0 Å². The zero-order chi connectivity index (χ0) is 11.4. The highest BCUT2D eigenvalue weighted by Crippen LogP contribution is 2.20. The van der Waals surface area contributed by atoms with Gasteiger partial charge in [0, 0.05) is 12.6 Å². The summed E-state index contributed by atoms with van der Waals surface area (Å²) in [6.45, 7) is 6.31. The van der Waals surface area contributed by atoms with Crippen LogP contribution in [-0.2, 0) is 0 Å². The van der Waals surface area contributed by atoms with Crippen molar-refractivity contribution in [3.63, 3.8) is 0 Å². The third-order valence-corrected chi connectivity index (χ3v) is 4.39. The number of nitrogens with one attached hydrogen (secondary N) is 1. The van der Waals surface area contributed by atoms with Gasteiger partial charge in [-0.3, -0.25) is 0 Å². The maximum atomic E-state index is 3.45. The monoisotopic (exact) mass is 225 g/mol. The minimum absolute atomic E-state index is 0.797. The molecule has 16 heavy (non-hydrogen) atoms. The van der Waals surface area contributed by atoms with Crippen LogP contribution in [0.15, 0.2) is 0 Å². The van der Waals surface area contributed by atoms with Gasteiger partial charge < -0.3 is 15.1 Å². The van der Waals surface area contributed by atoms with Gasteiger partial charge in [-0.2, -0.15) is 0 Å². The number of nitrogens with zero attached hydrogens (tertiary/aromatic N) is 2. The average Bonchev–Trinajstić information content (AvgIpc) is 2.81. The van der Waals surface area contributed by atoms with E-state index in [0.717, 1.165) is 12.0 Å². The molecule has 0 spiro atoms. The molecule has 3 nitrogen and oxygen atoms in total. The number of piperidine rings is 1. The predicted octanol–water partition coefficient (Wildman–Crippen LogP) is 1.01. The highest BCUT2D eigenvalue weighted by atomic mass is 15.2. The molecule has 1 atom stereocenters. The van der Waals surface area contributed by atoms with Gasteiger partial charge in [0.15, 0.2) is 0 Å². The van der Waals surface area contributed by atoms with Crippen LogP contribution in [0, 0.1) is 5.92 Å². The molecule has 2 fully saturated rings. The first kappa shape index (κ1) is 12.3. The molecule has 0 radical (unpaired) electrons. The van der Waals surface area contributed by atoms with E-state index in [4.69, 9.17) is 0 Å². The highest BCUT2D eigenvalue weighted by molar-refractivity contribution is 4.79. The van der Waals surface area contributed by atoms with Crippen LogP contribution in [0.25, 0.3) is 0 Å². The molecule has 0 aromatic heterocycles. The topological polar surface area (TPSA) is 18.5 Å². The molecule has 0 bridgehead atoms. The van der Waals surface area contributed by atoms with Gasteiger partial charge >= 0.3 is 0 Å². The Bertz CT molecular complexity index is 193. The van der Waals surface area contributed by atoms with Crippen LogP contribution in [-0.4, -0.2) is 62.7 Å². The Labute approximate surface area is 100 Å². The highest BCUT2D eigenvalue weighted by Gasteiger charge is 2.21. The summed E-state index contributed by atoms with van der Waals surface area (Å²) >= 11 is 0. The van der Waals surface area contributed by atoms with Crippen LogP contribution < -0.4 is 5.32 Å². The maximum Gasteiger partial charge on any atom is 0.0229 e. The largest absolute Gasteiger partial charge is 0.315 e. The number of hydrogen-bond acceptors (Lipinski definition) is 3. The van der Waals surface area contributed by atoms with Gasteiger partial charge in [0.05, 0.1) is 0 Å². The minimum atomic E-state index is 0.797. The quantitative estimate of drug-likeness (QED) is 0.770. The molecule has 2 aliphatic rings. The van der Waals surface area contributed by atoms with E-state index in [2.05, 4.69) is 29.2 Å². The summed E-state index contributed by atoms with van der Waals surface area (Å²) < 4.78 is 0. The first-order chi connectivity index (χ1) is 7.75. The number of likely N-dealkylation sites (tertiary alicyclic amines) is 1. The van der Waals surface area contributed by atoms with E-state index in [0.29, 0.717) is 0 Å². The number of hydrogen-bond donors (Lipinski definition) is 1.